The van der Waals surface area contributed by atoms with Crippen molar-refractivity contribution in [1.82, 2.24) is 10.2 Å². The second-order valence-electron chi connectivity index (χ2n) is 8.31. The topological polar surface area (TPSA) is 70.7 Å². The molecule has 1 saturated carbocycles. The first-order chi connectivity index (χ1) is 14.6. The van der Waals surface area contributed by atoms with Crippen molar-refractivity contribution in [2.75, 3.05) is 31.6 Å². The van der Waals surface area contributed by atoms with Crippen molar-refractivity contribution in [2.45, 2.75) is 26.0 Å². The lowest BCUT2D eigenvalue weighted by Crippen LogP contribution is -2.47. The van der Waals surface area contributed by atoms with Crippen molar-refractivity contribution in [3.8, 4) is 0 Å². The highest BCUT2D eigenvalue weighted by atomic mass is 16.5. The second-order valence-corrected chi connectivity index (χ2v) is 8.31. The van der Waals surface area contributed by atoms with Crippen LogP contribution in [0.5, 0.6) is 0 Å². The summed E-state index contributed by atoms with van der Waals surface area (Å²) in [5.41, 5.74) is 2.48. The standard InChI is InChI=1S/C24H29N3O3/c1-17-12-22(17)24(29)26-20-9-5-8-19(13-20)23(28)25-14-21-16-27(10-11-30-21)15-18-6-3-2-4-7-18/h2-9,13,17,21-22H,10-12,14-16H2,1H3,(H,25,28)(H,26,29). The fourth-order valence-corrected chi connectivity index (χ4v) is 3.86. The maximum Gasteiger partial charge on any atom is 0.251 e. The number of rotatable bonds is 7. The Morgan fingerprint density at radius 2 is 1.93 bits per heavy atom. The lowest BCUT2D eigenvalue weighted by molar-refractivity contribution is -0.117. The van der Waals surface area contributed by atoms with Gasteiger partial charge in [-0.15, -0.1) is 0 Å². The van der Waals surface area contributed by atoms with Crippen LogP contribution in [0.4, 0.5) is 5.69 Å². The van der Waals surface area contributed by atoms with Crippen molar-refractivity contribution in [2.24, 2.45) is 11.8 Å². The number of hydrogen-bond acceptors (Lipinski definition) is 4. The van der Waals surface area contributed by atoms with E-state index in [2.05, 4.69) is 46.7 Å². The molecular formula is C24H29N3O3. The predicted molar refractivity (Wildman–Crippen MR) is 116 cm³/mol. The third kappa shape index (κ3) is 5.46. The number of amides is 2. The minimum absolute atomic E-state index is 0.0363. The first-order valence-corrected chi connectivity index (χ1v) is 10.7. The number of hydrogen-bond donors (Lipinski definition) is 2. The van der Waals surface area contributed by atoms with Gasteiger partial charge in [0, 0.05) is 43.3 Å². The van der Waals surface area contributed by atoms with Gasteiger partial charge >= 0.3 is 0 Å². The van der Waals surface area contributed by atoms with Crippen molar-refractivity contribution in [3.63, 3.8) is 0 Å². The second kappa shape index (κ2) is 9.41. The summed E-state index contributed by atoms with van der Waals surface area (Å²) in [6, 6.07) is 17.5. The van der Waals surface area contributed by atoms with E-state index >= 15 is 0 Å². The molecule has 2 amide bonds. The molecule has 6 heteroatoms. The number of carbonyl (C=O) groups excluding carboxylic acids is 2. The molecule has 0 spiro atoms. The smallest absolute Gasteiger partial charge is 0.251 e. The van der Waals surface area contributed by atoms with Gasteiger partial charge in [-0.2, -0.15) is 0 Å². The Bertz CT molecular complexity index is 886. The molecule has 30 heavy (non-hydrogen) atoms. The maximum atomic E-state index is 12.6. The average Bonchev–Trinajstić information content (AvgIpc) is 3.50. The quantitative estimate of drug-likeness (QED) is 0.740. The van der Waals surface area contributed by atoms with Gasteiger partial charge in [0.15, 0.2) is 0 Å². The van der Waals surface area contributed by atoms with Crippen LogP contribution < -0.4 is 10.6 Å². The molecule has 0 aromatic heterocycles. The average molecular weight is 408 g/mol. The fraction of sp³-hybridized carbons (Fsp3) is 0.417. The van der Waals surface area contributed by atoms with Crippen LogP contribution >= 0.6 is 0 Å². The van der Waals surface area contributed by atoms with E-state index < -0.39 is 0 Å². The van der Waals surface area contributed by atoms with Crippen LogP contribution in [0.25, 0.3) is 0 Å². The van der Waals surface area contributed by atoms with E-state index in [1.807, 2.05) is 12.1 Å². The number of anilines is 1. The molecular weight excluding hydrogens is 378 g/mol. The summed E-state index contributed by atoms with van der Waals surface area (Å²) in [5, 5.41) is 5.89. The number of ether oxygens (including phenoxy) is 1. The van der Waals surface area contributed by atoms with E-state index in [0.29, 0.717) is 30.3 Å². The van der Waals surface area contributed by atoms with Crippen LogP contribution in [0, 0.1) is 11.8 Å². The van der Waals surface area contributed by atoms with Gasteiger partial charge in [-0.3, -0.25) is 14.5 Å². The molecule has 6 nitrogen and oxygen atoms in total. The highest BCUT2D eigenvalue weighted by molar-refractivity contribution is 5.98. The van der Waals surface area contributed by atoms with Gasteiger partial charge in [0.25, 0.3) is 5.91 Å². The number of carbonyl (C=O) groups is 2. The molecule has 1 aliphatic heterocycles. The largest absolute Gasteiger partial charge is 0.374 e. The molecule has 3 unspecified atom stereocenters. The van der Waals surface area contributed by atoms with Crippen LogP contribution in [0.1, 0.15) is 29.3 Å². The summed E-state index contributed by atoms with van der Waals surface area (Å²) in [6.45, 7) is 5.75. The van der Waals surface area contributed by atoms with Gasteiger partial charge in [0.1, 0.15) is 0 Å². The van der Waals surface area contributed by atoms with Crippen LogP contribution in [-0.2, 0) is 16.1 Å². The Morgan fingerprint density at radius 1 is 1.13 bits per heavy atom. The van der Waals surface area contributed by atoms with Crippen LogP contribution in [-0.4, -0.2) is 49.1 Å². The highest BCUT2D eigenvalue weighted by Crippen LogP contribution is 2.38. The monoisotopic (exact) mass is 407 g/mol. The maximum absolute atomic E-state index is 12.6. The first-order valence-electron chi connectivity index (χ1n) is 10.7. The normalized spacial score (nSPS) is 23.6. The van der Waals surface area contributed by atoms with Gasteiger partial charge in [-0.25, -0.2) is 0 Å². The van der Waals surface area contributed by atoms with Gasteiger partial charge in [-0.05, 0) is 36.1 Å². The summed E-state index contributed by atoms with van der Waals surface area (Å²) >= 11 is 0. The van der Waals surface area contributed by atoms with E-state index in [9.17, 15) is 9.59 Å². The Morgan fingerprint density at radius 3 is 2.70 bits per heavy atom. The minimum atomic E-state index is -0.158. The van der Waals surface area contributed by atoms with Crippen LogP contribution in [0.2, 0.25) is 0 Å². The summed E-state index contributed by atoms with van der Waals surface area (Å²) in [6.07, 6.45) is 0.903. The molecule has 158 valence electrons. The number of nitrogens with one attached hydrogen (secondary N) is 2. The molecule has 2 aliphatic rings. The van der Waals surface area contributed by atoms with Crippen LogP contribution in [0.3, 0.4) is 0 Å². The van der Waals surface area contributed by atoms with Gasteiger partial charge in [0.05, 0.1) is 12.7 Å². The summed E-state index contributed by atoms with van der Waals surface area (Å²) < 4.78 is 5.84. The van der Waals surface area contributed by atoms with E-state index in [4.69, 9.17) is 4.74 Å². The third-order valence-corrected chi connectivity index (χ3v) is 5.80. The Hall–Kier alpha value is -2.70. The van der Waals surface area contributed by atoms with Crippen molar-refractivity contribution < 1.29 is 14.3 Å². The molecule has 2 N–H and O–H groups in total. The van der Waals surface area contributed by atoms with E-state index in [-0.39, 0.29) is 23.8 Å². The molecule has 0 radical (unpaired) electrons. The molecule has 4 rings (SSSR count). The minimum Gasteiger partial charge on any atom is -0.374 e. The number of benzene rings is 2. The fourth-order valence-electron chi connectivity index (χ4n) is 3.86. The SMILES string of the molecule is CC1CC1C(=O)Nc1cccc(C(=O)NCC2CN(Cc3ccccc3)CCO2)c1. The third-order valence-electron chi connectivity index (χ3n) is 5.80. The van der Waals surface area contributed by atoms with Crippen molar-refractivity contribution >= 4 is 17.5 Å². The van der Waals surface area contributed by atoms with E-state index in [1.165, 1.54) is 5.56 Å². The number of morpholine rings is 1. The van der Waals surface area contributed by atoms with E-state index in [1.54, 1.807) is 18.2 Å². The van der Waals surface area contributed by atoms with Gasteiger partial charge in [0.2, 0.25) is 5.91 Å². The molecule has 0 bridgehead atoms. The molecule has 1 aliphatic carbocycles. The lowest BCUT2D eigenvalue weighted by atomic mass is 10.1. The molecule has 2 aromatic carbocycles. The first kappa shape index (κ1) is 20.6. The summed E-state index contributed by atoms with van der Waals surface area (Å²) in [5.74, 6) is 0.432. The number of nitrogens with zero attached hydrogens (tertiary/aromatic N) is 1. The molecule has 2 fully saturated rings. The lowest BCUT2D eigenvalue weighted by Gasteiger charge is -2.33. The summed E-state index contributed by atoms with van der Waals surface area (Å²) in [4.78, 5) is 27.1. The van der Waals surface area contributed by atoms with Gasteiger partial charge < -0.3 is 15.4 Å². The predicted octanol–water partition coefficient (Wildman–Crippen LogP) is 2.91. The zero-order valence-electron chi connectivity index (χ0n) is 17.3. The van der Waals surface area contributed by atoms with Gasteiger partial charge in [-0.1, -0.05) is 43.3 Å². The zero-order valence-corrected chi connectivity index (χ0v) is 17.3. The highest BCUT2D eigenvalue weighted by Gasteiger charge is 2.39. The van der Waals surface area contributed by atoms with Crippen LogP contribution in [0.15, 0.2) is 54.6 Å². The summed E-state index contributed by atoms with van der Waals surface area (Å²) in [7, 11) is 0. The zero-order chi connectivity index (χ0) is 20.9. The molecule has 3 atom stereocenters. The van der Waals surface area contributed by atoms with Crippen molar-refractivity contribution in [3.05, 3.63) is 65.7 Å². The molecule has 1 heterocycles. The Kier molecular flexibility index (Phi) is 6.45. The Balaban J connectivity index is 1.26. The molecule has 1 saturated heterocycles. The Labute approximate surface area is 177 Å². The molecule has 2 aromatic rings. The van der Waals surface area contributed by atoms with Crippen molar-refractivity contribution in [1.29, 1.82) is 0 Å². The van der Waals surface area contributed by atoms with E-state index in [0.717, 1.165) is 26.1 Å².